The molecule has 1 amide bonds. The number of carbonyl (C=O) groups excluding carboxylic acids is 1. The van der Waals surface area contributed by atoms with Gasteiger partial charge in [0.2, 0.25) is 5.95 Å². The van der Waals surface area contributed by atoms with E-state index in [9.17, 15) is 4.79 Å². The highest BCUT2D eigenvalue weighted by atomic mass is 35.5. The number of nitrogens with zero attached hydrogens (tertiary/aromatic N) is 2. The molecule has 1 aromatic carbocycles. The van der Waals surface area contributed by atoms with Crippen molar-refractivity contribution in [1.82, 2.24) is 15.3 Å². The number of anilines is 2. The smallest absolute Gasteiger partial charge is 0.270 e. The molecule has 21 heavy (non-hydrogen) atoms. The Hall–Kier alpha value is -2.14. The quantitative estimate of drug-likeness (QED) is 0.889. The van der Waals surface area contributed by atoms with Crippen LogP contribution >= 0.6 is 11.6 Å². The van der Waals surface area contributed by atoms with Gasteiger partial charge in [-0.25, -0.2) is 9.97 Å². The minimum atomic E-state index is -0.204. The Kier molecular flexibility index (Phi) is 5.11. The van der Waals surface area contributed by atoms with Crippen LogP contribution in [0.15, 0.2) is 30.5 Å². The van der Waals surface area contributed by atoms with Gasteiger partial charge in [-0.3, -0.25) is 4.79 Å². The van der Waals surface area contributed by atoms with Gasteiger partial charge < -0.3 is 10.6 Å². The van der Waals surface area contributed by atoms with E-state index >= 15 is 0 Å². The third-order valence-corrected chi connectivity index (χ3v) is 3.26. The first-order valence-electron chi connectivity index (χ1n) is 6.74. The molecule has 0 fully saturated rings. The molecule has 0 aliphatic carbocycles. The van der Waals surface area contributed by atoms with Gasteiger partial charge in [-0.2, -0.15) is 0 Å². The highest BCUT2D eigenvalue weighted by Crippen LogP contribution is 2.21. The number of halogens is 1. The molecule has 0 bridgehead atoms. The zero-order chi connectivity index (χ0) is 15.2. The Morgan fingerprint density at radius 1 is 1.33 bits per heavy atom. The van der Waals surface area contributed by atoms with E-state index in [1.54, 1.807) is 18.3 Å². The molecule has 2 aromatic rings. The van der Waals surface area contributed by atoms with E-state index < -0.39 is 0 Å². The van der Waals surface area contributed by atoms with Crippen LogP contribution in [0.3, 0.4) is 0 Å². The first-order valence-corrected chi connectivity index (χ1v) is 7.12. The zero-order valence-corrected chi connectivity index (χ0v) is 12.7. The second kappa shape index (κ2) is 7.04. The van der Waals surface area contributed by atoms with Crippen molar-refractivity contribution >= 4 is 29.1 Å². The van der Waals surface area contributed by atoms with Crippen LogP contribution in [0, 0.1) is 6.92 Å². The van der Waals surface area contributed by atoms with E-state index in [-0.39, 0.29) is 5.91 Å². The fourth-order valence-corrected chi connectivity index (χ4v) is 1.85. The fourth-order valence-electron chi connectivity index (χ4n) is 1.67. The molecule has 0 spiro atoms. The van der Waals surface area contributed by atoms with E-state index in [1.807, 2.05) is 26.0 Å². The van der Waals surface area contributed by atoms with Gasteiger partial charge in [-0.15, -0.1) is 0 Å². The molecule has 6 heteroatoms. The minimum Gasteiger partial charge on any atom is -0.351 e. The summed E-state index contributed by atoms with van der Waals surface area (Å²) in [5, 5.41) is 6.48. The van der Waals surface area contributed by atoms with Crippen LogP contribution in [-0.2, 0) is 0 Å². The molecule has 1 aromatic heterocycles. The van der Waals surface area contributed by atoms with Crippen molar-refractivity contribution in [1.29, 1.82) is 0 Å². The number of benzene rings is 1. The van der Waals surface area contributed by atoms with Crippen LogP contribution in [0.1, 0.15) is 29.4 Å². The number of nitrogens with one attached hydrogen (secondary N) is 2. The molecule has 0 radical (unpaired) electrons. The van der Waals surface area contributed by atoms with E-state index in [4.69, 9.17) is 11.6 Å². The fraction of sp³-hybridized carbons (Fsp3) is 0.267. The Morgan fingerprint density at radius 3 is 2.86 bits per heavy atom. The lowest BCUT2D eigenvalue weighted by atomic mass is 10.2. The standard InChI is InChI=1S/C15H17ClN4O/c1-3-7-17-14(21)13-6-8-18-15(20-13)19-11-5-4-10(2)12(16)9-11/h4-6,8-9H,3,7H2,1-2H3,(H,17,21)(H,18,19,20). The number of aryl methyl sites for hydroxylation is 1. The van der Waals surface area contributed by atoms with Gasteiger partial charge in [0.05, 0.1) is 0 Å². The number of rotatable bonds is 5. The highest BCUT2D eigenvalue weighted by Gasteiger charge is 2.08. The summed E-state index contributed by atoms with van der Waals surface area (Å²) in [7, 11) is 0. The van der Waals surface area contributed by atoms with Crippen LogP contribution in [0.4, 0.5) is 11.6 Å². The van der Waals surface area contributed by atoms with Gasteiger partial charge in [-0.1, -0.05) is 24.6 Å². The van der Waals surface area contributed by atoms with Crippen molar-refractivity contribution in [2.75, 3.05) is 11.9 Å². The number of aromatic nitrogens is 2. The lowest BCUT2D eigenvalue weighted by Gasteiger charge is -2.08. The van der Waals surface area contributed by atoms with Crippen molar-refractivity contribution < 1.29 is 4.79 Å². The molecular formula is C15H17ClN4O. The SMILES string of the molecule is CCCNC(=O)c1ccnc(Nc2ccc(C)c(Cl)c2)n1. The second-order valence-electron chi connectivity index (χ2n) is 4.61. The number of hydrogen-bond donors (Lipinski definition) is 2. The van der Waals surface area contributed by atoms with Gasteiger partial charge in [0.25, 0.3) is 5.91 Å². The van der Waals surface area contributed by atoms with Gasteiger partial charge in [0, 0.05) is 23.5 Å². The summed E-state index contributed by atoms with van der Waals surface area (Å²) in [5.41, 5.74) is 2.10. The minimum absolute atomic E-state index is 0.204. The second-order valence-corrected chi connectivity index (χ2v) is 5.02. The monoisotopic (exact) mass is 304 g/mol. The summed E-state index contributed by atoms with van der Waals surface area (Å²) in [6.45, 7) is 4.55. The predicted molar refractivity (Wildman–Crippen MR) is 84.1 cm³/mol. The molecule has 0 saturated carbocycles. The van der Waals surface area contributed by atoms with E-state index in [2.05, 4.69) is 20.6 Å². The third-order valence-electron chi connectivity index (χ3n) is 2.85. The maximum atomic E-state index is 11.9. The summed E-state index contributed by atoms with van der Waals surface area (Å²) in [6, 6.07) is 7.17. The number of amides is 1. The topological polar surface area (TPSA) is 66.9 Å². The van der Waals surface area contributed by atoms with Crippen molar-refractivity contribution in [2.24, 2.45) is 0 Å². The summed E-state index contributed by atoms with van der Waals surface area (Å²) < 4.78 is 0. The average molecular weight is 305 g/mol. The number of carbonyl (C=O) groups is 1. The summed E-state index contributed by atoms with van der Waals surface area (Å²) in [5.74, 6) is 0.156. The van der Waals surface area contributed by atoms with E-state index in [0.717, 1.165) is 17.7 Å². The van der Waals surface area contributed by atoms with Gasteiger partial charge in [0.15, 0.2) is 0 Å². The molecule has 110 valence electrons. The van der Waals surface area contributed by atoms with Gasteiger partial charge in [-0.05, 0) is 37.1 Å². The molecule has 2 N–H and O–H groups in total. The van der Waals surface area contributed by atoms with Crippen LogP contribution in [0.25, 0.3) is 0 Å². The largest absolute Gasteiger partial charge is 0.351 e. The lowest BCUT2D eigenvalue weighted by Crippen LogP contribution is -2.25. The molecular weight excluding hydrogens is 288 g/mol. The molecule has 0 aliphatic heterocycles. The van der Waals surface area contributed by atoms with Crippen molar-refractivity contribution in [3.63, 3.8) is 0 Å². The predicted octanol–water partition coefficient (Wildman–Crippen LogP) is 3.32. The van der Waals surface area contributed by atoms with E-state index in [0.29, 0.717) is 23.2 Å². The molecule has 0 atom stereocenters. The molecule has 5 nitrogen and oxygen atoms in total. The Morgan fingerprint density at radius 2 is 2.14 bits per heavy atom. The highest BCUT2D eigenvalue weighted by molar-refractivity contribution is 6.31. The van der Waals surface area contributed by atoms with Crippen LogP contribution in [0.5, 0.6) is 0 Å². The van der Waals surface area contributed by atoms with Crippen molar-refractivity contribution in [3.05, 3.63) is 46.7 Å². The Balaban J connectivity index is 2.13. The summed E-state index contributed by atoms with van der Waals surface area (Å²) >= 11 is 6.07. The average Bonchev–Trinajstić information content (AvgIpc) is 2.49. The first-order chi connectivity index (χ1) is 10.1. The Labute approximate surface area is 128 Å². The molecule has 0 aliphatic rings. The molecule has 0 saturated heterocycles. The van der Waals surface area contributed by atoms with Gasteiger partial charge in [0.1, 0.15) is 5.69 Å². The zero-order valence-electron chi connectivity index (χ0n) is 12.0. The van der Waals surface area contributed by atoms with Crippen LogP contribution in [-0.4, -0.2) is 22.4 Å². The van der Waals surface area contributed by atoms with Crippen molar-refractivity contribution in [3.8, 4) is 0 Å². The van der Waals surface area contributed by atoms with Crippen LogP contribution in [0.2, 0.25) is 5.02 Å². The first kappa shape index (κ1) is 15.3. The third kappa shape index (κ3) is 4.16. The lowest BCUT2D eigenvalue weighted by molar-refractivity contribution is 0.0948. The van der Waals surface area contributed by atoms with Gasteiger partial charge >= 0.3 is 0 Å². The molecule has 0 unspecified atom stereocenters. The molecule has 2 rings (SSSR count). The maximum absolute atomic E-state index is 11.9. The Bertz CT molecular complexity index is 645. The summed E-state index contributed by atoms with van der Waals surface area (Å²) in [4.78, 5) is 20.2. The summed E-state index contributed by atoms with van der Waals surface area (Å²) in [6.07, 6.45) is 2.43. The normalized spacial score (nSPS) is 10.2. The maximum Gasteiger partial charge on any atom is 0.270 e. The van der Waals surface area contributed by atoms with Crippen molar-refractivity contribution in [2.45, 2.75) is 20.3 Å². The van der Waals surface area contributed by atoms with E-state index in [1.165, 1.54) is 0 Å². The molecule has 1 heterocycles. The van der Waals surface area contributed by atoms with Crippen LogP contribution < -0.4 is 10.6 Å². The number of hydrogen-bond acceptors (Lipinski definition) is 4.